The van der Waals surface area contributed by atoms with E-state index >= 15 is 0 Å². The minimum Gasteiger partial charge on any atom is -0.508 e. The van der Waals surface area contributed by atoms with Gasteiger partial charge in [0.25, 0.3) is 0 Å². The third kappa shape index (κ3) is 2.33. The molecular formula is C15H14N2O4S. The number of phenols is 1. The zero-order valence-corrected chi connectivity index (χ0v) is 12.6. The predicted molar refractivity (Wildman–Crippen MR) is 82.3 cm³/mol. The molecule has 0 aliphatic carbocycles. The van der Waals surface area contributed by atoms with Crippen LogP contribution >= 0.6 is 12.2 Å². The van der Waals surface area contributed by atoms with Gasteiger partial charge in [0.2, 0.25) is 5.91 Å². The molecule has 2 amide bonds. The van der Waals surface area contributed by atoms with Crippen molar-refractivity contribution in [3.63, 3.8) is 0 Å². The highest BCUT2D eigenvalue weighted by Gasteiger charge is 2.40. The number of amides is 2. The van der Waals surface area contributed by atoms with Crippen LogP contribution < -0.4 is 5.32 Å². The number of rotatable bonds is 1. The Morgan fingerprint density at radius 3 is 2.73 bits per heavy atom. The van der Waals surface area contributed by atoms with Crippen molar-refractivity contribution in [3.05, 3.63) is 41.1 Å². The van der Waals surface area contributed by atoms with Gasteiger partial charge in [0.1, 0.15) is 10.7 Å². The number of nitrogens with zero attached hydrogens (tertiary/aromatic N) is 1. The molecule has 0 bridgehead atoms. The van der Waals surface area contributed by atoms with Gasteiger partial charge in [0, 0.05) is 23.6 Å². The molecule has 0 radical (unpaired) electrons. The second-order valence-electron chi connectivity index (χ2n) is 5.15. The first-order valence-corrected chi connectivity index (χ1v) is 7.13. The molecule has 2 N–H and O–H groups in total. The Morgan fingerprint density at radius 1 is 1.41 bits per heavy atom. The van der Waals surface area contributed by atoms with Crippen LogP contribution in [0.1, 0.15) is 17.9 Å². The lowest BCUT2D eigenvalue weighted by Gasteiger charge is -2.24. The number of carbonyl (C=O) groups is 2. The van der Waals surface area contributed by atoms with Crippen LogP contribution in [0.4, 0.5) is 4.79 Å². The number of nitrogens with one attached hydrogen (secondary N) is 1. The SMILES string of the molecule is COC(=O)N1CC2=C(C1=S)C(c1ccc(O)cc1)CC(=O)N2. The van der Waals surface area contributed by atoms with Crippen LogP contribution in [0.2, 0.25) is 0 Å². The van der Waals surface area contributed by atoms with Crippen molar-refractivity contribution in [2.45, 2.75) is 12.3 Å². The number of methoxy groups -OCH3 is 1. The highest BCUT2D eigenvalue weighted by atomic mass is 32.1. The van der Waals surface area contributed by atoms with Gasteiger partial charge in [-0.1, -0.05) is 24.4 Å². The zero-order chi connectivity index (χ0) is 15.9. The van der Waals surface area contributed by atoms with Gasteiger partial charge in [-0.05, 0) is 17.7 Å². The maximum atomic E-state index is 11.9. The fraction of sp³-hybridized carbons (Fsp3) is 0.267. The van der Waals surface area contributed by atoms with Gasteiger partial charge in [-0.2, -0.15) is 0 Å². The lowest BCUT2D eigenvalue weighted by Crippen LogP contribution is -2.33. The number of carbonyl (C=O) groups excluding carboxylic acids is 2. The molecular weight excluding hydrogens is 304 g/mol. The molecule has 1 aromatic carbocycles. The second kappa shape index (κ2) is 5.42. The van der Waals surface area contributed by atoms with E-state index in [1.54, 1.807) is 24.3 Å². The van der Waals surface area contributed by atoms with Crippen molar-refractivity contribution in [3.8, 4) is 5.75 Å². The molecule has 114 valence electrons. The maximum Gasteiger partial charge on any atom is 0.415 e. The van der Waals surface area contributed by atoms with E-state index in [4.69, 9.17) is 17.0 Å². The predicted octanol–water partition coefficient (Wildman–Crippen LogP) is 1.66. The molecule has 0 saturated heterocycles. The van der Waals surface area contributed by atoms with Crippen LogP contribution in [0.15, 0.2) is 35.5 Å². The molecule has 22 heavy (non-hydrogen) atoms. The number of thiocarbonyl (C=S) groups is 1. The van der Waals surface area contributed by atoms with Gasteiger partial charge in [-0.15, -0.1) is 0 Å². The van der Waals surface area contributed by atoms with Gasteiger partial charge in [-0.3, -0.25) is 9.69 Å². The minimum absolute atomic E-state index is 0.119. The summed E-state index contributed by atoms with van der Waals surface area (Å²) in [5.74, 6) is -0.193. The summed E-state index contributed by atoms with van der Waals surface area (Å²) in [5.41, 5.74) is 2.28. The summed E-state index contributed by atoms with van der Waals surface area (Å²) < 4.78 is 4.72. The fourth-order valence-electron chi connectivity index (χ4n) is 2.81. The molecule has 1 aromatic rings. The lowest BCUT2D eigenvalue weighted by atomic mass is 9.85. The molecule has 0 aromatic heterocycles. The van der Waals surface area contributed by atoms with E-state index in [2.05, 4.69) is 5.32 Å². The average molecular weight is 318 g/mol. The Hall–Kier alpha value is -2.41. The van der Waals surface area contributed by atoms with Gasteiger partial charge in [-0.25, -0.2) is 4.79 Å². The van der Waals surface area contributed by atoms with E-state index in [-0.39, 0.29) is 30.5 Å². The minimum atomic E-state index is -0.543. The molecule has 1 atom stereocenters. The Bertz CT molecular complexity index is 696. The number of hydrogen-bond donors (Lipinski definition) is 2. The first kappa shape index (κ1) is 14.5. The molecule has 6 nitrogen and oxygen atoms in total. The van der Waals surface area contributed by atoms with Crippen LogP contribution in [-0.4, -0.2) is 40.6 Å². The lowest BCUT2D eigenvalue weighted by molar-refractivity contribution is -0.121. The van der Waals surface area contributed by atoms with Crippen LogP contribution in [0.5, 0.6) is 5.75 Å². The quantitative estimate of drug-likeness (QED) is 0.770. The Kier molecular flexibility index (Phi) is 3.58. The van der Waals surface area contributed by atoms with E-state index in [1.807, 2.05) is 0 Å². The Morgan fingerprint density at radius 2 is 2.09 bits per heavy atom. The van der Waals surface area contributed by atoms with E-state index < -0.39 is 6.09 Å². The Labute approximate surface area is 132 Å². The molecule has 2 aliphatic heterocycles. The summed E-state index contributed by atoms with van der Waals surface area (Å²) >= 11 is 5.39. The van der Waals surface area contributed by atoms with Crippen LogP contribution in [0, 0.1) is 0 Å². The third-order valence-electron chi connectivity index (χ3n) is 3.84. The molecule has 1 unspecified atom stereocenters. The summed E-state index contributed by atoms with van der Waals surface area (Å²) in [6.07, 6.45) is -0.295. The van der Waals surface area contributed by atoms with E-state index in [0.29, 0.717) is 10.7 Å². The number of ether oxygens (including phenoxy) is 1. The normalized spacial score (nSPS) is 20.8. The second-order valence-corrected chi connectivity index (χ2v) is 5.54. The number of benzene rings is 1. The van der Waals surface area contributed by atoms with Crippen LogP contribution in [-0.2, 0) is 9.53 Å². The smallest absolute Gasteiger partial charge is 0.415 e. The standard InChI is InChI=1S/C15H14N2O4S/c1-21-15(20)17-7-11-13(14(17)22)10(6-12(19)16-11)8-2-4-9(18)5-3-8/h2-5,10,18H,6-7H2,1H3,(H,16,19). The largest absolute Gasteiger partial charge is 0.508 e. The molecule has 7 heteroatoms. The number of phenolic OH excluding ortho intramolecular Hbond substituents is 1. The summed E-state index contributed by atoms with van der Waals surface area (Å²) in [4.78, 5) is 25.4. The van der Waals surface area contributed by atoms with Gasteiger partial charge >= 0.3 is 6.09 Å². The van der Waals surface area contributed by atoms with E-state index in [9.17, 15) is 14.7 Å². The van der Waals surface area contributed by atoms with Crippen molar-refractivity contribution in [1.29, 1.82) is 0 Å². The molecule has 2 aliphatic rings. The van der Waals surface area contributed by atoms with E-state index in [1.165, 1.54) is 12.0 Å². The molecule has 2 heterocycles. The summed E-state index contributed by atoms with van der Waals surface area (Å²) in [5, 5.41) is 12.2. The monoisotopic (exact) mass is 318 g/mol. The van der Waals surface area contributed by atoms with Crippen LogP contribution in [0.3, 0.4) is 0 Å². The summed E-state index contributed by atoms with van der Waals surface area (Å²) in [6.45, 7) is 0.209. The fourth-order valence-corrected chi connectivity index (χ4v) is 3.22. The maximum absolute atomic E-state index is 11.9. The van der Waals surface area contributed by atoms with Gasteiger partial charge in [0.15, 0.2) is 0 Å². The first-order chi connectivity index (χ1) is 10.5. The van der Waals surface area contributed by atoms with Gasteiger partial charge < -0.3 is 15.2 Å². The topological polar surface area (TPSA) is 78.9 Å². The highest BCUT2D eigenvalue weighted by molar-refractivity contribution is 7.80. The van der Waals surface area contributed by atoms with E-state index in [0.717, 1.165) is 11.1 Å². The van der Waals surface area contributed by atoms with Crippen LogP contribution in [0.25, 0.3) is 0 Å². The first-order valence-electron chi connectivity index (χ1n) is 6.73. The molecule has 0 spiro atoms. The van der Waals surface area contributed by atoms with Crippen molar-refractivity contribution in [2.24, 2.45) is 0 Å². The zero-order valence-electron chi connectivity index (χ0n) is 11.8. The Balaban J connectivity index is 1.99. The molecule has 0 saturated carbocycles. The average Bonchev–Trinajstić information content (AvgIpc) is 2.83. The van der Waals surface area contributed by atoms with Gasteiger partial charge in [0.05, 0.1) is 13.7 Å². The summed E-state index contributed by atoms with van der Waals surface area (Å²) in [6, 6.07) is 6.65. The summed E-state index contributed by atoms with van der Waals surface area (Å²) in [7, 11) is 1.29. The highest BCUT2D eigenvalue weighted by Crippen LogP contribution is 2.38. The van der Waals surface area contributed by atoms with Crippen molar-refractivity contribution < 1.29 is 19.4 Å². The molecule has 3 rings (SSSR count). The molecule has 0 fully saturated rings. The number of hydrogen-bond acceptors (Lipinski definition) is 5. The van der Waals surface area contributed by atoms with Crippen molar-refractivity contribution in [1.82, 2.24) is 10.2 Å². The van der Waals surface area contributed by atoms with Crippen molar-refractivity contribution in [2.75, 3.05) is 13.7 Å². The van der Waals surface area contributed by atoms with Crippen molar-refractivity contribution >= 4 is 29.2 Å². The third-order valence-corrected chi connectivity index (χ3v) is 4.28. The number of aromatic hydroxyl groups is 1.